The lowest BCUT2D eigenvalue weighted by Gasteiger charge is -2.36. The molecule has 3 atom stereocenters. The molecule has 0 aromatic heterocycles. The number of amides is 2. The molecule has 3 unspecified atom stereocenters. The number of likely N-dealkylation sites (tertiary alicyclic amines) is 1. The second kappa shape index (κ2) is 8.44. The minimum absolute atomic E-state index is 0.0203. The lowest BCUT2D eigenvalue weighted by Crippen LogP contribution is -2.45. The van der Waals surface area contributed by atoms with Gasteiger partial charge in [0.15, 0.2) is 0 Å². The Morgan fingerprint density at radius 2 is 1.90 bits per heavy atom. The molecule has 1 heterocycles. The molecule has 1 aromatic rings. The molecule has 3 aliphatic carbocycles. The van der Waals surface area contributed by atoms with E-state index in [1.807, 2.05) is 29.2 Å². The number of nitrogens with zero attached hydrogens (tertiary/aromatic N) is 1. The van der Waals surface area contributed by atoms with Crippen LogP contribution in [0.3, 0.4) is 0 Å². The van der Waals surface area contributed by atoms with Crippen LogP contribution in [0.1, 0.15) is 55.3 Å². The third-order valence-electron chi connectivity index (χ3n) is 7.55. The van der Waals surface area contributed by atoms with Crippen LogP contribution in [-0.2, 0) is 4.79 Å². The van der Waals surface area contributed by atoms with Crippen LogP contribution >= 0.6 is 0 Å². The van der Waals surface area contributed by atoms with Crippen LogP contribution in [0.15, 0.2) is 36.4 Å². The standard InChI is InChI=1S/C25H32N2O3/c28-24(26-16-21-14-17-7-8-19(21)13-17)20-5-2-6-23(15-20)30-22-9-11-27(12-10-22)25(29)18-3-1-4-18/h2,5-8,15,17-19,21-22H,1,3-4,9-14,16H2,(H,26,28). The molecule has 1 aromatic carbocycles. The number of piperidine rings is 1. The number of carbonyl (C=O) groups excluding carboxylic acids is 2. The highest BCUT2D eigenvalue weighted by molar-refractivity contribution is 5.94. The highest BCUT2D eigenvalue weighted by atomic mass is 16.5. The van der Waals surface area contributed by atoms with Crippen molar-refractivity contribution in [3.63, 3.8) is 0 Å². The van der Waals surface area contributed by atoms with Crippen LogP contribution in [-0.4, -0.2) is 42.5 Å². The third-order valence-corrected chi connectivity index (χ3v) is 7.55. The van der Waals surface area contributed by atoms with Gasteiger partial charge < -0.3 is 15.0 Å². The van der Waals surface area contributed by atoms with Crippen molar-refractivity contribution >= 4 is 11.8 Å². The van der Waals surface area contributed by atoms with Crippen molar-refractivity contribution in [3.05, 3.63) is 42.0 Å². The van der Waals surface area contributed by atoms with Crippen molar-refractivity contribution in [1.29, 1.82) is 0 Å². The van der Waals surface area contributed by atoms with Crippen molar-refractivity contribution in [2.45, 2.75) is 51.0 Å². The number of fused-ring (bicyclic) bond motifs is 2. The first-order valence-corrected chi connectivity index (χ1v) is 11.7. The molecule has 5 nitrogen and oxygen atoms in total. The second-order valence-electron chi connectivity index (χ2n) is 9.55. The van der Waals surface area contributed by atoms with E-state index in [0.29, 0.717) is 23.3 Å². The Balaban J connectivity index is 1.10. The Hall–Kier alpha value is -2.30. The van der Waals surface area contributed by atoms with E-state index in [4.69, 9.17) is 4.74 Å². The van der Waals surface area contributed by atoms with Gasteiger partial charge >= 0.3 is 0 Å². The zero-order valence-corrected chi connectivity index (χ0v) is 17.6. The summed E-state index contributed by atoms with van der Waals surface area (Å²) in [6, 6.07) is 7.51. The molecular formula is C25H32N2O3. The normalized spacial score (nSPS) is 28.4. The van der Waals surface area contributed by atoms with E-state index in [1.54, 1.807) is 0 Å². The van der Waals surface area contributed by atoms with Gasteiger partial charge in [0.05, 0.1) is 0 Å². The van der Waals surface area contributed by atoms with Crippen molar-refractivity contribution in [2.75, 3.05) is 19.6 Å². The van der Waals surface area contributed by atoms with Gasteiger partial charge in [-0.1, -0.05) is 24.6 Å². The van der Waals surface area contributed by atoms with Crippen molar-refractivity contribution in [1.82, 2.24) is 10.2 Å². The average molecular weight is 409 g/mol. The predicted octanol–water partition coefficient (Wildman–Crippen LogP) is 3.80. The molecule has 2 amide bonds. The van der Waals surface area contributed by atoms with Gasteiger partial charge in [-0.25, -0.2) is 0 Å². The summed E-state index contributed by atoms with van der Waals surface area (Å²) in [5.74, 6) is 3.28. The van der Waals surface area contributed by atoms with Gasteiger partial charge in [0.25, 0.3) is 5.91 Å². The molecular weight excluding hydrogens is 376 g/mol. The molecule has 3 fully saturated rings. The number of carbonyl (C=O) groups is 2. The summed E-state index contributed by atoms with van der Waals surface area (Å²) in [6.07, 6.45) is 12.2. The monoisotopic (exact) mass is 408 g/mol. The lowest BCUT2D eigenvalue weighted by molar-refractivity contribution is -0.140. The molecule has 1 N–H and O–H groups in total. The molecule has 1 aliphatic heterocycles. The molecule has 4 aliphatic rings. The van der Waals surface area contributed by atoms with E-state index in [0.717, 1.165) is 57.0 Å². The SMILES string of the molecule is O=C(NCC1CC2C=CC1C2)c1cccc(OC2CCN(C(=O)C3CCC3)CC2)c1. The van der Waals surface area contributed by atoms with Gasteiger partial charge in [0.1, 0.15) is 11.9 Å². The number of benzene rings is 1. The minimum Gasteiger partial charge on any atom is -0.490 e. The van der Waals surface area contributed by atoms with Crippen LogP contribution < -0.4 is 10.1 Å². The Labute approximate surface area is 178 Å². The molecule has 2 bridgehead atoms. The number of allylic oxidation sites excluding steroid dienone is 2. The summed E-state index contributed by atoms with van der Waals surface area (Å²) < 4.78 is 6.17. The van der Waals surface area contributed by atoms with Gasteiger partial charge in [-0.2, -0.15) is 0 Å². The summed E-state index contributed by atoms with van der Waals surface area (Å²) in [6.45, 7) is 2.30. The summed E-state index contributed by atoms with van der Waals surface area (Å²) in [5.41, 5.74) is 0.656. The first-order valence-electron chi connectivity index (χ1n) is 11.7. The number of rotatable bonds is 6. The summed E-state index contributed by atoms with van der Waals surface area (Å²) in [4.78, 5) is 27.1. The molecule has 0 radical (unpaired) electrons. The molecule has 5 rings (SSSR count). The van der Waals surface area contributed by atoms with Gasteiger partial charge in [0.2, 0.25) is 5.91 Å². The summed E-state index contributed by atoms with van der Waals surface area (Å²) in [7, 11) is 0. The summed E-state index contributed by atoms with van der Waals surface area (Å²) in [5, 5.41) is 3.12. The zero-order valence-electron chi connectivity index (χ0n) is 17.6. The maximum absolute atomic E-state index is 12.6. The smallest absolute Gasteiger partial charge is 0.251 e. The van der Waals surface area contributed by atoms with E-state index in [1.165, 1.54) is 19.3 Å². The van der Waals surface area contributed by atoms with E-state index < -0.39 is 0 Å². The summed E-state index contributed by atoms with van der Waals surface area (Å²) >= 11 is 0. The van der Waals surface area contributed by atoms with Crippen molar-refractivity contribution in [3.8, 4) is 5.75 Å². The van der Waals surface area contributed by atoms with E-state index >= 15 is 0 Å². The number of hydrogen-bond donors (Lipinski definition) is 1. The van der Waals surface area contributed by atoms with E-state index in [2.05, 4.69) is 17.5 Å². The van der Waals surface area contributed by atoms with Crippen molar-refractivity contribution < 1.29 is 14.3 Å². The Kier molecular flexibility index (Phi) is 5.53. The van der Waals surface area contributed by atoms with Gasteiger partial charge in [-0.15, -0.1) is 0 Å². The highest BCUT2D eigenvalue weighted by Gasteiger charge is 2.35. The van der Waals surface area contributed by atoms with E-state index in [9.17, 15) is 9.59 Å². The van der Waals surface area contributed by atoms with Gasteiger partial charge in [0, 0.05) is 44.0 Å². The Bertz CT molecular complexity index is 823. The fraction of sp³-hybridized carbons (Fsp3) is 0.600. The van der Waals surface area contributed by atoms with Crippen LogP contribution in [0.2, 0.25) is 0 Å². The Morgan fingerprint density at radius 1 is 1.07 bits per heavy atom. The number of ether oxygens (including phenoxy) is 1. The van der Waals surface area contributed by atoms with Gasteiger partial charge in [-0.3, -0.25) is 9.59 Å². The Morgan fingerprint density at radius 3 is 2.57 bits per heavy atom. The molecule has 30 heavy (non-hydrogen) atoms. The maximum Gasteiger partial charge on any atom is 0.251 e. The van der Waals surface area contributed by atoms with Crippen LogP contribution in [0.4, 0.5) is 0 Å². The second-order valence-corrected chi connectivity index (χ2v) is 9.55. The quantitative estimate of drug-likeness (QED) is 0.729. The lowest BCUT2D eigenvalue weighted by atomic mass is 9.84. The van der Waals surface area contributed by atoms with Crippen LogP contribution in [0.25, 0.3) is 0 Å². The first-order chi connectivity index (χ1) is 14.7. The predicted molar refractivity (Wildman–Crippen MR) is 115 cm³/mol. The fourth-order valence-electron chi connectivity index (χ4n) is 5.47. The average Bonchev–Trinajstić information content (AvgIpc) is 3.35. The molecule has 5 heteroatoms. The minimum atomic E-state index is -0.0203. The fourth-order valence-corrected chi connectivity index (χ4v) is 5.47. The molecule has 160 valence electrons. The molecule has 1 saturated heterocycles. The van der Waals surface area contributed by atoms with Crippen LogP contribution in [0, 0.1) is 23.7 Å². The van der Waals surface area contributed by atoms with Crippen LogP contribution in [0.5, 0.6) is 5.75 Å². The largest absolute Gasteiger partial charge is 0.490 e. The van der Waals surface area contributed by atoms with Crippen molar-refractivity contribution in [2.24, 2.45) is 23.7 Å². The highest BCUT2D eigenvalue weighted by Crippen LogP contribution is 2.43. The zero-order chi connectivity index (χ0) is 20.5. The topological polar surface area (TPSA) is 58.6 Å². The first kappa shape index (κ1) is 19.7. The number of hydrogen-bond acceptors (Lipinski definition) is 3. The van der Waals surface area contributed by atoms with E-state index in [-0.39, 0.29) is 17.9 Å². The number of nitrogens with one attached hydrogen (secondary N) is 1. The van der Waals surface area contributed by atoms with Gasteiger partial charge in [-0.05, 0) is 61.6 Å². The molecule has 2 saturated carbocycles. The molecule has 0 spiro atoms. The maximum atomic E-state index is 12.6. The third kappa shape index (κ3) is 4.12.